The summed E-state index contributed by atoms with van der Waals surface area (Å²) < 4.78 is 65.5. The molecule has 2 aromatic carbocycles. The maximum absolute atomic E-state index is 12.3. The Bertz CT molecular complexity index is 794. The van der Waals surface area contributed by atoms with Crippen molar-refractivity contribution in [1.82, 2.24) is 0 Å². The van der Waals surface area contributed by atoms with Gasteiger partial charge in [0.1, 0.15) is 10.6 Å². The molecule has 0 amide bonds. The number of halogens is 3. The second-order valence-electron chi connectivity index (χ2n) is 4.95. The first-order valence-electron chi connectivity index (χ1n) is 6.51. The van der Waals surface area contributed by atoms with Crippen molar-refractivity contribution in [2.24, 2.45) is 0 Å². The van der Waals surface area contributed by atoms with E-state index < -0.39 is 16.0 Å². The third-order valence-corrected chi connectivity index (χ3v) is 4.26. The third-order valence-electron chi connectivity index (χ3n) is 3.14. The van der Waals surface area contributed by atoms with Crippen molar-refractivity contribution in [1.29, 1.82) is 0 Å². The van der Waals surface area contributed by atoms with Gasteiger partial charge in [-0.2, -0.15) is 13.2 Å². The molecule has 0 aliphatic heterocycles. The van der Waals surface area contributed by atoms with E-state index in [2.05, 4.69) is 0 Å². The summed E-state index contributed by atoms with van der Waals surface area (Å²) in [6, 6.07) is 10.3. The van der Waals surface area contributed by atoms with Gasteiger partial charge in [-0.1, -0.05) is 30.3 Å². The third kappa shape index (κ3) is 4.48. The van der Waals surface area contributed by atoms with Crippen LogP contribution in [0.25, 0.3) is 11.1 Å². The number of hydrogen-bond acceptors (Lipinski definition) is 3. The lowest BCUT2D eigenvalue weighted by Gasteiger charge is -2.10. The summed E-state index contributed by atoms with van der Waals surface area (Å²) in [6.45, 7) is 0. The molecule has 0 unspecified atom stereocenters. The Kier molecular flexibility index (Phi) is 4.70. The van der Waals surface area contributed by atoms with Crippen LogP contribution in [0.2, 0.25) is 0 Å². The van der Waals surface area contributed by atoms with Crippen molar-refractivity contribution >= 4 is 9.84 Å². The molecule has 3 nitrogen and oxygen atoms in total. The summed E-state index contributed by atoms with van der Waals surface area (Å²) in [6.07, 6.45) is -3.12. The number of sulfone groups is 1. The molecule has 123 valence electrons. The first-order chi connectivity index (χ1) is 10.6. The molecule has 0 saturated carbocycles. The standard InChI is InChI=1S/C16H14F3O3S/c1-22-14-8-7-13(9-15(14)23(2,20)21)12-5-3-11(4-6-12)10-16(17,18)19/h3-10H,1-2H3. The van der Waals surface area contributed by atoms with Gasteiger partial charge in [0.2, 0.25) is 0 Å². The largest absolute Gasteiger partial charge is 0.495 e. The normalized spacial score (nSPS) is 12.2. The predicted octanol–water partition coefficient (Wildman–Crippen LogP) is 3.88. The van der Waals surface area contributed by atoms with E-state index >= 15 is 0 Å². The molecular formula is C16H14F3O3S. The van der Waals surface area contributed by atoms with Crippen LogP contribution in [0.5, 0.6) is 5.75 Å². The van der Waals surface area contributed by atoms with Crippen LogP contribution >= 0.6 is 0 Å². The highest BCUT2D eigenvalue weighted by molar-refractivity contribution is 7.90. The van der Waals surface area contributed by atoms with Crippen molar-refractivity contribution in [2.45, 2.75) is 11.1 Å². The summed E-state index contributed by atoms with van der Waals surface area (Å²) in [5, 5.41) is 0. The Morgan fingerprint density at radius 3 is 2.04 bits per heavy atom. The molecule has 0 spiro atoms. The average Bonchev–Trinajstić information content (AvgIpc) is 2.45. The van der Waals surface area contributed by atoms with Crippen LogP contribution in [-0.2, 0) is 9.84 Å². The Labute approximate surface area is 132 Å². The molecule has 1 radical (unpaired) electrons. The summed E-state index contributed by atoms with van der Waals surface area (Å²) in [5.74, 6) is 0.221. The van der Waals surface area contributed by atoms with Gasteiger partial charge in [0.05, 0.1) is 13.5 Å². The molecule has 2 aromatic rings. The number of benzene rings is 2. The van der Waals surface area contributed by atoms with Crippen molar-refractivity contribution in [3.63, 3.8) is 0 Å². The molecule has 0 heterocycles. The molecule has 0 bridgehead atoms. The monoisotopic (exact) mass is 343 g/mol. The zero-order chi connectivity index (χ0) is 17.3. The number of methoxy groups -OCH3 is 1. The summed E-state index contributed by atoms with van der Waals surface area (Å²) in [4.78, 5) is 0.0310. The van der Waals surface area contributed by atoms with Gasteiger partial charge in [0, 0.05) is 6.26 Å². The topological polar surface area (TPSA) is 43.4 Å². The second-order valence-corrected chi connectivity index (χ2v) is 6.93. The molecule has 0 aromatic heterocycles. The van der Waals surface area contributed by atoms with Gasteiger partial charge in [-0.3, -0.25) is 0 Å². The quantitative estimate of drug-likeness (QED) is 0.846. The fourth-order valence-electron chi connectivity index (χ4n) is 2.11. The molecule has 7 heteroatoms. The molecule has 0 N–H and O–H groups in total. The van der Waals surface area contributed by atoms with E-state index in [4.69, 9.17) is 4.74 Å². The second kappa shape index (κ2) is 6.23. The van der Waals surface area contributed by atoms with Gasteiger partial charge in [0.25, 0.3) is 0 Å². The molecule has 0 fully saturated rings. The van der Waals surface area contributed by atoms with Gasteiger partial charge >= 0.3 is 6.18 Å². The minimum atomic E-state index is -4.38. The van der Waals surface area contributed by atoms with Gasteiger partial charge in [-0.05, 0) is 28.8 Å². The number of ether oxygens (including phenoxy) is 1. The van der Waals surface area contributed by atoms with Crippen LogP contribution in [0.3, 0.4) is 0 Å². The highest BCUT2D eigenvalue weighted by Gasteiger charge is 2.28. The van der Waals surface area contributed by atoms with Crippen LogP contribution in [-0.4, -0.2) is 28.0 Å². The van der Waals surface area contributed by atoms with Gasteiger partial charge in [0.15, 0.2) is 9.84 Å². The molecule has 23 heavy (non-hydrogen) atoms. The van der Waals surface area contributed by atoms with Gasteiger partial charge in [-0.15, -0.1) is 0 Å². The fourth-order valence-corrected chi connectivity index (χ4v) is 2.96. The van der Waals surface area contributed by atoms with Crippen LogP contribution in [0.15, 0.2) is 47.4 Å². The van der Waals surface area contributed by atoms with Crippen LogP contribution in [0.1, 0.15) is 5.56 Å². The van der Waals surface area contributed by atoms with Crippen LogP contribution in [0, 0.1) is 6.42 Å². The van der Waals surface area contributed by atoms with E-state index in [1.165, 1.54) is 43.5 Å². The highest BCUT2D eigenvalue weighted by Crippen LogP contribution is 2.31. The van der Waals surface area contributed by atoms with E-state index in [0.29, 0.717) is 11.1 Å². The maximum atomic E-state index is 12.3. The lowest BCUT2D eigenvalue weighted by Crippen LogP contribution is -2.08. The number of hydrogen-bond donors (Lipinski definition) is 0. The lowest BCUT2D eigenvalue weighted by atomic mass is 10.0. The van der Waals surface area contributed by atoms with Crippen molar-refractivity contribution < 1.29 is 26.3 Å². The van der Waals surface area contributed by atoms with Crippen LogP contribution in [0.4, 0.5) is 13.2 Å². The Hall–Kier alpha value is -2.02. The molecule has 0 atom stereocenters. The van der Waals surface area contributed by atoms with Crippen molar-refractivity contribution in [3.05, 3.63) is 54.4 Å². The molecular weight excluding hydrogens is 329 g/mol. The molecule has 0 aliphatic carbocycles. The van der Waals surface area contributed by atoms with E-state index in [-0.39, 0.29) is 22.6 Å². The van der Waals surface area contributed by atoms with E-state index in [1.54, 1.807) is 6.07 Å². The minimum absolute atomic E-state index is 0.0260. The number of alkyl halides is 3. The zero-order valence-electron chi connectivity index (χ0n) is 12.4. The Morgan fingerprint density at radius 2 is 1.57 bits per heavy atom. The van der Waals surface area contributed by atoms with E-state index in [9.17, 15) is 21.6 Å². The van der Waals surface area contributed by atoms with E-state index in [0.717, 1.165) is 6.26 Å². The Balaban J connectivity index is 2.39. The Morgan fingerprint density at radius 1 is 1.00 bits per heavy atom. The smallest absolute Gasteiger partial charge is 0.396 e. The van der Waals surface area contributed by atoms with Crippen LogP contribution < -0.4 is 4.74 Å². The van der Waals surface area contributed by atoms with E-state index in [1.807, 2.05) is 0 Å². The summed E-state index contributed by atoms with van der Waals surface area (Å²) >= 11 is 0. The lowest BCUT2D eigenvalue weighted by molar-refractivity contribution is -0.0927. The molecule has 2 rings (SSSR count). The maximum Gasteiger partial charge on any atom is 0.396 e. The highest BCUT2D eigenvalue weighted by atomic mass is 32.2. The summed E-state index contributed by atoms with van der Waals surface area (Å²) in [5.41, 5.74) is 1.21. The first-order valence-corrected chi connectivity index (χ1v) is 8.40. The van der Waals surface area contributed by atoms with Crippen molar-refractivity contribution in [3.8, 4) is 16.9 Å². The molecule has 0 aliphatic rings. The first kappa shape index (κ1) is 17.3. The summed E-state index contributed by atoms with van der Waals surface area (Å²) in [7, 11) is -2.12. The average molecular weight is 343 g/mol. The predicted molar refractivity (Wildman–Crippen MR) is 81.0 cm³/mol. The van der Waals surface area contributed by atoms with Gasteiger partial charge < -0.3 is 4.74 Å². The SMILES string of the molecule is COc1ccc(-c2ccc([CH]C(F)(F)F)cc2)cc1S(C)(=O)=O. The number of rotatable bonds is 4. The fraction of sp³-hybridized carbons (Fsp3) is 0.188. The van der Waals surface area contributed by atoms with Gasteiger partial charge in [-0.25, -0.2) is 8.42 Å². The molecule has 0 saturated heterocycles. The van der Waals surface area contributed by atoms with Crippen molar-refractivity contribution in [2.75, 3.05) is 13.4 Å². The zero-order valence-corrected chi connectivity index (χ0v) is 13.2. The minimum Gasteiger partial charge on any atom is -0.495 e.